The van der Waals surface area contributed by atoms with Crippen molar-refractivity contribution in [3.8, 4) is 0 Å². The summed E-state index contributed by atoms with van der Waals surface area (Å²) >= 11 is 0. The number of nitrogens with zero attached hydrogens (tertiary/aromatic N) is 1. The quantitative estimate of drug-likeness (QED) is 0.446. The van der Waals surface area contributed by atoms with Gasteiger partial charge in [0, 0.05) is 6.04 Å². The van der Waals surface area contributed by atoms with E-state index < -0.39 is 56.4 Å². The van der Waals surface area contributed by atoms with Crippen LogP contribution in [0.15, 0.2) is 47.4 Å². The van der Waals surface area contributed by atoms with Crippen molar-refractivity contribution in [3.05, 3.63) is 64.7 Å². The zero-order valence-electron chi connectivity index (χ0n) is 21.8. The second-order valence-electron chi connectivity index (χ2n) is 10.5. The lowest BCUT2D eigenvalue weighted by Crippen LogP contribution is -2.46. The number of hydrogen-bond acceptors (Lipinski definition) is 6. The third-order valence-corrected chi connectivity index (χ3v) is 9.51. The van der Waals surface area contributed by atoms with Gasteiger partial charge in [0.05, 0.1) is 22.3 Å². The third-order valence-electron chi connectivity index (χ3n) is 7.76. The average molecular weight is 569 g/mol. The molecule has 4 atom stereocenters. The minimum atomic E-state index is -4.74. The van der Waals surface area contributed by atoms with Crippen LogP contribution >= 0.6 is 0 Å². The molecule has 3 N–H and O–H groups in total. The van der Waals surface area contributed by atoms with Crippen LogP contribution in [-0.4, -0.2) is 60.5 Å². The second kappa shape index (κ2) is 12.0. The predicted molar refractivity (Wildman–Crippen MR) is 140 cm³/mol. The van der Waals surface area contributed by atoms with Crippen LogP contribution in [0.25, 0.3) is 0 Å². The van der Waals surface area contributed by atoms with E-state index in [0.717, 1.165) is 55.3 Å². The molecule has 2 aromatic rings. The lowest BCUT2D eigenvalue weighted by molar-refractivity contribution is -0.137. The summed E-state index contributed by atoms with van der Waals surface area (Å²) in [6.45, 7) is 4.33. The van der Waals surface area contributed by atoms with Crippen molar-refractivity contribution in [1.82, 2.24) is 10.2 Å². The van der Waals surface area contributed by atoms with E-state index in [2.05, 4.69) is 29.3 Å². The first-order chi connectivity index (χ1) is 18.4. The molecule has 4 rings (SSSR count). The third kappa shape index (κ3) is 7.00. The summed E-state index contributed by atoms with van der Waals surface area (Å²) in [5.41, 5.74) is 2.08. The van der Waals surface area contributed by atoms with E-state index in [9.17, 15) is 36.6 Å². The normalized spacial score (nSPS) is 21.0. The number of benzene rings is 2. The summed E-state index contributed by atoms with van der Waals surface area (Å²) < 4.78 is 64.2. The fourth-order valence-corrected chi connectivity index (χ4v) is 6.89. The molecule has 1 amide bonds. The van der Waals surface area contributed by atoms with Gasteiger partial charge in [-0.05, 0) is 87.0 Å². The standard InChI is InChI=1S/C28H35F3N2O5S/c1-18(33-13-3-2-4-14-33)19-11-12-23-20(15-19)7-5-10-24(23)32-27(36)26(35)25(34)17-39(37,38)22-9-6-8-21(16-22)28(29,30)31/h6,8-9,11-12,15-16,18,24-26,34-35H,2-5,7,10,13-14,17H2,1H3,(H,32,36)/t18-,24+,25+,26+/m0/s1. The van der Waals surface area contributed by atoms with E-state index in [4.69, 9.17) is 0 Å². The maximum Gasteiger partial charge on any atom is 0.416 e. The minimum absolute atomic E-state index is 0.279. The van der Waals surface area contributed by atoms with Crippen LogP contribution in [0.4, 0.5) is 13.2 Å². The fraction of sp³-hybridized carbons (Fsp3) is 0.536. The number of aliphatic hydroxyl groups excluding tert-OH is 2. The van der Waals surface area contributed by atoms with Gasteiger partial charge in [-0.1, -0.05) is 30.7 Å². The number of halogens is 3. The monoisotopic (exact) mass is 568 g/mol. The fourth-order valence-electron chi connectivity index (χ4n) is 5.47. The molecule has 2 aromatic carbocycles. The van der Waals surface area contributed by atoms with E-state index in [1.54, 1.807) is 0 Å². The summed E-state index contributed by atoms with van der Waals surface area (Å²) in [4.78, 5) is 14.6. The molecule has 7 nitrogen and oxygen atoms in total. The number of aryl methyl sites for hydroxylation is 1. The van der Waals surface area contributed by atoms with Crippen LogP contribution in [0.1, 0.15) is 73.4 Å². The molecule has 1 heterocycles. The van der Waals surface area contributed by atoms with E-state index >= 15 is 0 Å². The Morgan fingerprint density at radius 1 is 1.08 bits per heavy atom. The Bertz CT molecular complexity index is 1280. The van der Waals surface area contributed by atoms with Crippen molar-refractivity contribution in [3.63, 3.8) is 0 Å². The Hall–Kier alpha value is -2.47. The molecule has 11 heteroatoms. The number of nitrogens with one attached hydrogen (secondary N) is 1. The SMILES string of the molecule is C[C@@H](c1ccc2c(c1)CCC[C@H]2NC(=O)[C@H](O)[C@H](O)CS(=O)(=O)c1cccc(C(F)(F)F)c1)N1CCCCC1. The van der Waals surface area contributed by atoms with Crippen molar-refractivity contribution in [2.75, 3.05) is 18.8 Å². The molecular formula is C28H35F3N2O5S. The van der Waals surface area contributed by atoms with Crippen LogP contribution in [0, 0.1) is 0 Å². The maximum atomic E-state index is 13.0. The molecular weight excluding hydrogens is 533 g/mol. The van der Waals surface area contributed by atoms with E-state index in [1.807, 2.05) is 6.07 Å². The van der Waals surface area contributed by atoms with Crippen LogP contribution in [0.3, 0.4) is 0 Å². The van der Waals surface area contributed by atoms with E-state index in [0.29, 0.717) is 12.5 Å². The predicted octanol–water partition coefficient (Wildman–Crippen LogP) is 3.94. The lowest BCUT2D eigenvalue weighted by atomic mass is 9.85. The number of aliphatic hydroxyl groups is 2. The summed E-state index contributed by atoms with van der Waals surface area (Å²) in [5.74, 6) is -2.05. The van der Waals surface area contributed by atoms with Crippen LogP contribution < -0.4 is 5.32 Å². The number of amides is 1. The van der Waals surface area contributed by atoms with Crippen molar-refractivity contribution < 1.29 is 36.6 Å². The van der Waals surface area contributed by atoms with Crippen LogP contribution in [0.5, 0.6) is 0 Å². The van der Waals surface area contributed by atoms with Gasteiger partial charge in [0.25, 0.3) is 5.91 Å². The lowest BCUT2D eigenvalue weighted by Gasteiger charge is -2.34. The largest absolute Gasteiger partial charge is 0.416 e. The molecule has 0 bridgehead atoms. The molecule has 214 valence electrons. The molecule has 0 radical (unpaired) electrons. The van der Waals surface area contributed by atoms with Crippen molar-refractivity contribution in [2.45, 2.75) is 80.8 Å². The van der Waals surface area contributed by atoms with Gasteiger partial charge >= 0.3 is 6.18 Å². The summed E-state index contributed by atoms with van der Waals surface area (Å²) in [6, 6.07) is 9.19. The molecule has 1 saturated heterocycles. The highest BCUT2D eigenvalue weighted by Gasteiger charge is 2.35. The topological polar surface area (TPSA) is 107 Å². The molecule has 0 saturated carbocycles. The van der Waals surface area contributed by atoms with Gasteiger partial charge in [-0.3, -0.25) is 9.69 Å². The van der Waals surface area contributed by atoms with Gasteiger partial charge in [-0.2, -0.15) is 13.2 Å². The van der Waals surface area contributed by atoms with E-state index in [-0.39, 0.29) is 6.04 Å². The molecule has 2 aliphatic rings. The zero-order valence-corrected chi connectivity index (χ0v) is 22.6. The highest BCUT2D eigenvalue weighted by atomic mass is 32.2. The number of carbonyl (C=O) groups excluding carboxylic acids is 1. The molecule has 1 fully saturated rings. The number of rotatable bonds is 8. The first-order valence-corrected chi connectivity index (χ1v) is 15.0. The molecule has 1 aliphatic carbocycles. The number of alkyl halides is 3. The Morgan fingerprint density at radius 3 is 2.49 bits per heavy atom. The van der Waals surface area contributed by atoms with Gasteiger partial charge in [0.2, 0.25) is 0 Å². The number of carbonyl (C=O) groups is 1. The van der Waals surface area contributed by atoms with Crippen molar-refractivity contribution in [1.29, 1.82) is 0 Å². The Morgan fingerprint density at radius 2 is 1.79 bits per heavy atom. The second-order valence-corrected chi connectivity index (χ2v) is 12.5. The highest BCUT2D eigenvalue weighted by Crippen LogP contribution is 2.34. The molecule has 1 aliphatic heterocycles. The van der Waals surface area contributed by atoms with Gasteiger partial charge < -0.3 is 15.5 Å². The molecule has 0 aromatic heterocycles. The van der Waals surface area contributed by atoms with Crippen LogP contribution in [0.2, 0.25) is 0 Å². The van der Waals surface area contributed by atoms with Gasteiger partial charge in [-0.25, -0.2) is 8.42 Å². The summed E-state index contributed by atoms with van der Waals surface area (Å²) in [7, 11) is -4.42. The Balaban J connectivity index is 1.41. The number of likely N-dealkylation sites (tertiary alicyclic amines) is 1. The Labute approximate surface area is 226 Å². The van der Waals surface area contributed by atoms with Crippen LogP contribution in [-0.2, 0) is 27.2 Å². The van der Waals surface area contributed by atoms with Crippen molar-refractivity contribution >= 4 is 15.7 Å². The maximum absolute atomic E-state index is 13.0. The highest BCUT2D eigenvalue weighted by molar-refractivity contribution is 7.91. The number of fused-ring (bicyclic) bond motifs is 1. The zero-order chi connectivity index (χ0) is 28.4. The minimum Gasteiger partial charge on any atom is -0.389 e. The number of hydrogen-bond donors (Lipinski definition) is 3. The summed E-state index contributed by atoms with van der Waals surface area (Å²) in [6.07, 6.45) is -2.93. The first-order valence-electron chi connectivity index (χ1n) is 13.3. The van der Waals surface area contributed by atoms with Crippen molar-refractivity contribution in [2.24, 2.45) is 0 Å². The molecule has 0 spiro atoms. The first kappa shape index (κ1) is 29.5. The number of piperidine rings is 1. The Kier molecular flexibility index (Phi) is 9.05. The van der Waals surface area contributed by atoms with Gasteiger partial charge in [0.15, 0.2) is 15.9 Å². The molecule has 0 unspecified atom stereocenters. The molecule has 39 heavy (non-hydrogen) atoms. The van der Waals surface area contributed by atoms with Gasteiger partial charge in [0.1, 0.15) is 6.10 Å². The van der Waals surface area contributed by atoms with E-state index in [1.165, 1.54) is 24.8 Å². The number of sulfone groups is 1. The smallest absolute Gasteiger partial charge is 0.389 e. The van der Waals surface area contributed by atoms with Gasteiger partial charge in [-0.15, -0.1) is 0 Å². The average Bonchev–Trinajstić information content (AvgIpc) is 2.92. The summed E-state index contributed by atoms with van der Waals surface area (Å²) in [5, 5.41) is 23.5.